The second kappa shape index (κ2) is 7.72. The summed E-state index contributed by atoms with van der Waals surface area (Å²) in [4.78, 5) is 12.4. The molecule has 128 valence electrons. The third kappa shape index (κ3) is 4.21. The molecule has 7 heteroatoms. The van der Waals surface area contributed by atoms with E-state index >= 15 is 0 Å². The molecule has 0 saturated carbocycles. The van der Waals surface area contributed by atoms with Crippen LogP contribution in [0.3, 0.4) is 0 Å². The van der Waals surface area contributed by atoms with Crippen LogP contribution in [0.1, 0.15) is 6.92 Å². The summed E-state index contributed by atoms with van der Waals surface area (Å²) < 4.78 is 1.89. The molecule has 1 atom stereocenters. The first-order valence-electron chi connectivity index (χ1n) is 7.72. The van der Waals surface area contributed by atoms with E-state index in [9.17, 15) is 4.79 Å². The van der Waals surface area contributed by atoms with Gasteiger partial charge in [-0.15, -0.1) is 10.2 Å². The Balaban J connectivity index is 1.68. The van der Waals surface area contributed by atoms with Crippen molar-refractivity contribution in [1.29, 1.82) is 0 Å². The topological polar surface area (TPSA) is 59.8 Å². The molecule has 0 aliphatic carbocycles. The molecule has 25 heavy (non-hydrogen) atoms. The second-order valence-corrected chi connectivity index (χ2v) is 7.23. The number of amides is 1. The van der Waals surface area contributed by atoms with Gasteiger partial charge in [-0.2, -0.15) is 0 Å². The van der Waals surface area contributed by atoms with Gasteiger partial charge >= 0.3 is 0 Å². The Kier molecular flexibility index (Phi) is 5.40. The number of carbonyl (C=O) groups excluding carboxylic acids is 1. The molecule has 0 spiro atoms. The fourth-order valence-electron chi connectivity index (χ4n) is 2.24. The molecule has 1 aromatic heterocycles. The minimum Gasteiger partial charge on any atom is -0.325 e. The van der Waals surface area contributed by atoms with Crippen molar-refractivity contribution in [3.8, 4) is 11.4 Å². The number of benzene rings is 2. The van der Waals surface area contributed by atoms with Crippen LogP contribution in [0.25, 0.3) is 11.4 Å². The highest BCUT2D eigenvalue weighted by Gasteiger charge is 2.19. The Morgan fingerprint density at radius 3 is 2.48 bits per heavy atom. The zero-order chi connectivity index (χ0) is 17.8. The third-order valence-electron chi connectivity index (χ3n) is 3.63. The molecule has 0 bridgehead atoms. The van der Waals surface area contributed by atoms with Crippen molar-refractivity contribution in [3.05, 3.63) is 59.6 Å². The van der Waals surface area contributed by atoms with E-state index in [1.807, 2.05) is 48.9 Å². The molecule has 0 aliphatic rings. The summed E-state index contributed by atoms with van der Waals surface area (Å²) in [5.41, 5.74) is 1.70. The molecule has 1 unspecified atom stereocenters. The van der Waals surface area contributed by atoms with Crippen LogP contribution in [0.2, 0.25) is 5.02 Å². The predicted octanol–water partition coefficient (Wildman–Crippen LogP) is 4.25. The van der Waals surface area contributed by atoms with E-state index in [2.05, 4.69) is 15.5 Å². The summed E-state index contributed by atoms with van der Waals surface area (Å²) in [5, 5.41) is 12.3. The van der Waals surface area contributed by atoms with Crippen molar-refractivity contribution in [3.63, 3.8) is 0 Å². The fourth-order valence-corrected chi connectivity index (χ4v) is 3.19. The first kappa shape index (κ1) is 17.5. The van der Waals surface area contributed by atoms with Gasteiger partial charge in [-0.1, -0.05) is 53.7 Å². The first-order valence-corrected chi connectivity index (χ1v) is 8.98. The maximum absolute atomic E-state index is 12.4. The molecule has 1 N–H and O–H groups in total. The number of rotatable bonds is 5. The second-order valence-electron chi connectivity index (χ2n) is 5.49. The van der Waals surface area contributed by atoms with Crippen LogP contribution in [-0.2, 0) is 11.8 Å². The van der Waals surface area contributed by atoms with Crippen molar-refractivity contribution < 1.29 is 4.79 Å². The number of carbonyl (C=O) groups is 1. The lowest BCUT2D eigenvalue weighted by atomic mass is 10.2. The number of aromatic nitrogens is 3. The lowest BCUT2D eigenvalue weighted by molar-refractivity contribution is -0.115. The number of nitrogens with one attached hydrogen (secondary N) is 1. The minimum atomic E-state index is -0.317. The van der Waals surface area contributed by atoms with Crippen molar-refractivity contribution in [2.75, 3.05) is 5.32 Å². The van der Waals surface area contributed by atoms with E-state index in [1.54, 1.807) is 24.3 Å². The average Bonchev–Trinajstić information content (AvgIpc) is 2.98. The molecule has 0 radical (unpaired) electrons. The lowest BCUT2D eigenvalue weighted by Crippen LogP contribution is -2.22. The monoisotopic (exact) mass is 372 g/mol. The third-order valence-corrected chi connectivity index (χ3v) is 5.02. The van der Waals surface area contributed by atoms with Crippen LogP contribution in [0.15, 0.2) is 59.8 Å². The molecule has 3 rings (SSSR count). The van der Waals surface area contributed by atoms with Gasteiger partial charge in [0, 0.05) is 23.3 Å². The summed E-state index contributed by atoms with van der Waals surface area (Å²) in [5.74, 6) is 0.671. The number of nitrogens with zero attached hydrogens (tertiary/aromatic N) is 3. The van der Waals surface area contributed by atoms with Gasteiger partial charge < -0.3 is 9.88 Å². The Morgan fingerprint density at radius 2 is 1.80 bits per heavy atom. The quantitative estimate of drug-likeness (QED) is 0.680. The molecule has 1 amide bonds. The zero-order valence-corrected chi connectivity index (χ0v) is 15.4. The molecule has 0 saturated heterocycles. The molecular weight excluding hydrogens is 356 g/mol. The minimum absolute atomic E-state index is 0.100. The Morgan fingerprint density at radius 1 is 1.12 bits per heavy atom. The van der Waals surface area contributed by atoms with Gasteiger partial charge in [0.2, 0.25) is 5.91 Å². The standard InChI is InChI=1S/C18H17ClN4OS/c1-12(17(24)20-15-10-8-14(19)9-11-15)25-18-22-21-16(23(18)2)13-6-4-3-5-7-13/h3-12H,1-2H3,(H,20,24). The average molecular weight is 373 g/mol. The highest BCUT2D eigenvalue weighted by atomic mass is 35.5. The van der Waals surface area contributed by atoms with Crippen LogP contribution in [0, 0.1) is 0 Å². The van der Waals surface area contributed by atoms with E-state index in [1.165, 1.54) is 11.8 Å². The highest BCUT2D eigenvalue weighted by molar-refractivity contribution is 8.00. The van der Waals surface area contributed by atoms with E-state index in [4.69, 9.17) is 11.6 Å². The molecule has 3 aromatic rings. The molecule has 5 nitrogen and oxygen atoms in total. The van der Waals surface area contributed by atoms with Gasteiger partial charge in [0.15, 0.2) is 11.0 Å². The number of hydrogen-bond acceptors (Lipinski definition) is 4. The predicted molar refractivity (Wildman–Crippen MR) is 102 cm³/mol. The maximum atomic E-state index is 12.4. The van der Waals surface area contributed by atoms with E-state index in [0.717, 1.165) is 11.4 Å². The van der Waals surface area contributed by atoms with E-state index in [0.29, 0.717) is 15.9 Å². The lowest BCUT2D eigenvalue weighted by Gasteiger charge is -2.11. The van der Waals surface area contributed by atoms with Gasteiger partial charge in [0.25, 0.3) is 0 Å². The summed E-state index contributed by atoms with van der Waals surface area (Å²) >= 11 is 7.22. The van der Waals surface area contributed by atoms with Crippen LogP contribution in [0.4, 0.5) is 5.69 Å². The number of halogens is 1. The highest BCUT2D eigenvalue weighted by Crippen LogP contribution is 2.26. The Bertz CT molecular complexity index is 865. The normalized spacial score (nSPS) is 12.0. The molecular formula is C18H17ClN4OS. The van der Waals surface area contributed by atoms with Gasteiger partial charge in [-0.05, 0) is 31.2 Å². The molecule has 1 heterocycles. The summed E-state index contributed by atoms with van der Waals surface area (Å²) in [6, 6.07) is 16.9. The molecule has 0 fully saturated rings. The van der Waals surface area contributed by atoms with Crippen LogP contribution < -0.4 is 5.32 Å². The largest absolute Gasteiger partial charge is 0.325 e. The maximum Gasteiger partial charge on any atom is 0.237 e. The van der Waals surface area contributed by atoms with E-state index in [-0.39, 0.29) is 11.2 Å². The molecule has 0 aliphatic heterocycles. The van der Waals surface area contributed by atoms with Crippen LogP contribution in [0.5, 0.6) is 0 Å². The molecule has 2 aromatic carbocycles. The SMILES string of the molecule is CC(Sc1nnc(-c2ccccc2)n1C)C(=O)Nc1ccc(Cl)cc1. The van der Waals surface area contributed by atoms with Crippen molar-refractivity contribution in [2.24, 2.45) is 7.05 Å². The number of thioether (sulfide) groups is 1. The van der Waals surface area contributed by atoms with Gasteiger partial charge in [-0.3, -0.25) is 4.79 Å². The van der Waals surface area contributed by atoms with Crippen molar-refractivity contribution >= 4 is 35.0 Å². The number of hydrogen-bond donors (Lipinski definition) is 1. The summed E-state index contributed by atoms with van der Waals surface area (Å²) in [6.07, 6.45) is 0. The number of anilines is 1. The Hall–Kier alpha value is -2.31. The van der Waals surface area contributed by atoms with Gasteiger partial charge in [0.05, 0.1) is 5.25 Å². The fraction of sp³-hybridized carbons (Fsp3) is 0.167. The van der Waals surface area contributed by atoms with Crippen molar-refractivity contribution in [1.82, 2.24) is 14.8 Å². The van der Waals surface area contributed by atoms with Gasteiger partial charge in [0.1, 0.15) is 0 Å². The smallest absolute Gasteiger partial charge is 0.237 e. The van der Waals surface area contributed by atoms with E-state index < -0.39 is 0 Å². The summed E-state index contributed by atoms with van der Waals surface area (Å²) in [7, 11) is 1.90. The Labute approximate surface area is 155 Å². The van der Waals surface area contributed by atoms with Crippen molar-refractivity contribution in [2.45, 2.75) is 17.3 Å². The van der Waals surface area contributed by atoms with Crippen LogP contribution in [-0.4, -0.2) is 25.9 Å². The van der Waals surface area contributed by atoms with Gasteiger partial charge in [-0.25, -0.2) is 0 Å². The summed E-state index contributed by atoms with van der Waals surface area (Å²) in [6.45, 7) is 1.84. The zero-order valence-electron chi connectivity index (χ0n) is 13.8. The first-order chi connectivity index (χ1) is 12.0. The van der Waals surface area contributed by atoms with Crippen LogP contribution >= 0.6 is 23.4 Å².